The topological polar surface area (TPSA) is 61.4 Å². The summed E-state index contributed by atoms with van der Waals surface area (Å²) < 4.78 is 0.957. The molecule has 3 rings (SSSR count). The first kappa shape index (κ1) is 17.2. The summed E-state index contributed by atoms with van der Waals surface area (Å²) in [6.45, 7) is 7.70. The Labute approximate surface area is 154 Å². The Balaban J connectivity index is 1.65. The summed E-state index contributed by atoms with van der Waals surface area (Å²) in [6.07, 6.45) is 0. The lowest BCUT2D eigenvalue weighted by Crippen LogP contribution is -2.49. The number of aryl methyl sites for hydroxylation is 1. The van der Waals surface area contributed by atoms with Crippen molar-refractivity contribution in [3.8, 4) is 0 Å². The van der Waals surface area contributed by atoms with Gasteiger partial charge in [0.25, 0.3) is 5.91 Å². The van der Waals surface area contributed by atoms with E-state index in [2.05, 4.69) is 36.1 Å². The summed E-state index contributed by atoms with van der Waals surface area (Å²) >= 11 is 4.87. The van der Waals surface area contributed by atoms with Crippen LogP contribution in [0, 0.1) is 6.92 Å². The standard InChI is InChI=1S/C16H20BrN5OS/c1-3-18-14-8-11(2)19-16(20-14)22-6-4-21(5-7-22)15(23)13-9-12(17)10-24-13/h8-10H,3-7H2,1-2H3,(H,18,19,20). The van der Waals surface area contributed by atoms with Crippen LogP contribution >= 0.6 is 27.3 Å². The number of hydrogen-bond acceptors (Lipinski definition) is 6. The van der Waals surface area contributed by atoms with Gasteiger partial charge >= 0.3 is 0 Å². The van der Waals surface area contributed by atoms with Crippen molar-refractivity contribution < 1.29 is 4.79 Å². The van der Waals surface area contributed by atoms with Crippen LogP contribution in [0.1, 0.15) is 22.3 Å². The van der Waals surface area contributed by atoms with Gasteiger partial charge in [0.1, 0.15) is 5.82 Å². The second-order valence-corrected chi connectivity index (χ2v) is 7.46. The molecule has 0 unspecified atom stereocenters. The molecule has 8 heteroatoms. The summed E-state index contributed by atoms with van der Waals surface area (Å²) in [5, 5.41) is 5.17. The molecule has 0 aromatic carbocycles. The highest BCUT2D eigenvalue weighted by atomic mass is 79.9. The molecule has 1 aliphatic rings. The number of aromatic nitrogens is 2. The summed E-state index contributed by atoms with van der Waals surface area (Å²) in [4.78, 5) is 26.4. The maximum Gasteiger partial charge on any atom is 0.264 e. The van der Waals surface area contributed by atoms with E-state index in [4.69, 9.17) is 0 Å². The molecule has 1 fully saturated rings. The SMILES string of the molecule is CCNc1cc(C)nc(N2CCN(C(=O)c3cc(Br)cs3)CC2)n1. The molecule has 6 nitrogen and oxygen atoms in total. The van der Waals surface area contributed by atoms with Gasteiger partial charge < -0.3 is 15.1 Å². The smallest absolute Gasteiger partial charge is 0.264 e. The minimum Gasteiger partial charge on any atom is -0.370 e. The molecule has 128 valence electrons. The first-order valence-corrected chi connectivity index (χ1v) is 9.62. The van der Waals surface area contributed by atoms with Gasteiger partial charge in [0.2, 0.25) is 5.95 Å². The second-order valence-electron chi connectivity index (χ2n) is 5.63. The predicted octanol–water partition coefficient (Wildman–Crippen LogP) is 3.00. The summed E-state index contributed by atoms with van der Waals surface area (Å²) in [5.74, 6) is 1.68. The molecular formula is C16H20BrN5OS. The minimum absolute atomic E-state index is 0.101. The van der Waals surface area contributed by atoms with E-state index in [1.165, 1.54) is 11.3 Å². The molecule has 1 N–H and O–H groups in total. The van der Waals surface area contributed by atoms with Crippen molar-refractivity contribution >= 4 is 44.9 Å². The van der Waals surface area contributed by atoms with E-state index in [0.29, 0.717) is 13.1 Å². The Hall–Kier alpha value is -1.67. The fraction of sp³-hybridized carbons (Fsp3) is 0.438. The molecule has 0 atom stereocenters. The van der Waals surface area contributed by atoms with Crippen molar-refractivity contribution in [3.05, 3.63) is 32.6 Å². The zero-order valence-electron chi connectivity index (χ0n) is 13.8. The van der Waals surface area contributed by atoms with Crippen molar-refractivity contribution in [2.24, 2.45) is 0 Å². The Bertz CT molecular complexity index is 727. The molecule has 2 aromatic heterocycles. The van der Waals surface area contributed by atoms with Gasteiger partial charge in [-0.15, -0.1) is 11.3 Å². The van der Waals surface area contributed by atoms with E-state index >= 15 is 0 Å². The average Bonchev–Trinajstić information content (AvgIpc) is 3.00. The molecule has 0 bridgehead atoms. The molecule has 0 saturated carbocycles. The average molecular weight is 410 g/mol. The number of hydrogen-bond donors (Lipinski definition) is 1. The van der Waals surface area contributed by atoms with Crippen LogP contribution in [0.5, 0.6) is 0 Å². The van der Waals surface area contributed by atoms with Crippen molar-refractivity contribution in [1.82, 2.24) is 14.9 Å². The van der Waals surface area contributed by atoms with Gasteiger partial charge in [-0.1, -0.05) is 0 Å². The third-order valence-corrected chi connectivity index (χ3v) is 5.51. The van der Waals surface area contributed by atoms with Crippen molar-refractivity contribution in [1.29, 1.82) is 0 Å². The van der Waals surface area contributed by atoms with Crippen LogP contribution in [0.2, 0.25) is 0 Å². The van der Waals surface area contributed by atoms with Crippen LogP contribution in [-0.4, -0.2) is 53.5 Å². The maximum absolute atomic E-state index is 12.5. The molecule has 1 aliphatic heterocycles. The van der Waals surface area contributed by atoms with Gasteiger partial charge in [-0.2, -0.15) is 4.98 Å². The molecule has 0 aliphatic carbocycles. The largest absolute Gasteiger partial charge is 0.370 e. The predicted molar refractivity (Wildman–Crippen MR) is 101 cm³/mol. The molecule has 0 spiro atoms. The van der Waals surface area contributed by atoms with Crippen LogP contribution < -0.4 is 10.2 Å². The number of anilines is 2. The van der Waals surface area contributed by atoms with Gasteiger partial charge in [-0.05, 0) is 35.8 Å². The molecule has 1 saturated heterocycles. The van der Waals surface area contributed by atoms with E-state index in [1.807, 2.05) is 36.3 Å². The van der Waals surface area contributed by atoms with Crippen molar-refractivity contribution in [2.75, 3.05) is 42.9 Å². The van der Waals surface area contributed by atoms with Gasteiger partial charge in [0.05, 0.1) is 4.88 Å². The normalized spacial score (nSPS) is 14.8. The van der Waals surface area contributed by atoms with Gasteiger partial charge in [0, 0.05) is 54.3 Å². The molecule has 3 heterocycles. The third-order valence-electron chi connectivity index (χ3n) is 3.83. The fourth-order valence-corrected chi connectivity index (χ4v) is 4.05. The lowest BCUT2D eigenvalue weighted by Gasteiger charge is -2.34. The number of piperazine rings is 1. The van der Waals surface area contributed by atoms with Crippen molar-refractivity contribution in [2.45, 2.75) is 13.8 Å². The maximum atomic E-state index is 12.5. The van der Waals surface area contributed by atoms with Crippen molar-refractivity contribution in [3.63, 3.8) is 0 Å². The number of rotatable bonds is 4. The first-order chi connectivity index (χ1) is 11.6. The lowest BCUT2D eigenvalue weighted by molar-refractivity contribution is 0.0751. The summed E-state index contributed by atoms with van der Waals surface area (Å²) in [6, 6.07) is 3.83. The number of nitrogens with zero attached hydrogens (tertiary/aromatic N) is 4. The molecule has 0 radical (unpaired) electrons. The van der Waals surface area contributed by atoms with Crippen LogP contribution in [-0.2, 0) is 0 Å². The number of nitrogens with one attached hydrogen (secondary N) is 1. The number of halogens is 1. The highest BCUT2D eigenvalue weighted by molar-refractivity contribution is 9.10. The lowest BCUT2D eigenvalue weighted by atomic mass is 10.3. The first-order valence-electron chi connectivity index (χ1n) is 7.94. The number of thiophene rings is 1. The highest BCUT2D eigenvalue weighted by Crippen LogP contribution is 2.22. The zero-order valence-corrected chi connectivity index (χ0v) is 16.2. The van der Waals surface area contributed by atoms with Gasteiger partial charge in [-0.3, -0.25) is 4.79 Å². The molecule has 2 aromatic rings. The molecule has 24 heavy (non-hydrogen) atoms. The van der Waals surface area contributed by atoms with Crippen LogP contribution in [0.4, 0.5) is 11.8 Å². The zero-order chi connectivity index (χ0) is 17.1. The van der Waals surface area contributed by atoms with Gasteiger partial charge in [0.15, 0.2) is 0 Å². The van der Waals surface area contributed by atoms with E-state index in [0.717, 1.165) is 46.4 Å². The molecular weight excluding hydrogens is 390 g/mol. The summed E-state index contributed by atoms with van der Waals surface area (Å²) in [5.41, 5.74) is 0.942. The van der Waals surface area contributed by atoms with E-state index in [9.17, 15) is 4.79 Å². The Morgan fingerprint density at radius 3 is 2.67 bits per heavy atom. The van der Waals surface area contributed by atoms with E-state index in [-0.39, 0.29) is 5.91 Å². The Morgan fingerprint density at radius 2 is 2.04 bits per heavy atom. The van der Waals surface area contributed by atoms with Crippen LogP contribution in [0.3, 0.4) is 0 Å². The van der Waals surface area contributed by atoms with Crippen LogP contribution in [0.15, 0.2) is 22.0 Å². The highest BCUT2D eigenvalue weighted by Gasteiger charge is 2.24. The number of carbonyl (C=O) groups is 1. The summed E-state index contributed by atoms with van der Waals surface area (Å²) in [7, 11) is 0. The van der Waals surface area contributed by atoms with E-state index < -0.39 is 0 Å². The fourth-order valence-electron chi connectivity index (χ4n) is 2.66. The Kier molecular flexibility index (Phi) is 5.35. The molecule has 1 amide bonds. The monoisotopic (exact) mass is 409 g/mol. The Morgan fingerprint density at radius 1 is 1.29 bits per heavy atom. The number of amides is 1. The van der Waals surface area contributed by atoms with E-state index in [1.54, 1.807) is 0 Å². The second kappa shape index (κ2) is 7.48. The quantitative estimate of drug-likeness (QED) is 0.840. The van der Waals surface area contributed by atoms with Crippen LogP contribution in [0.25, 0.3) is 0 Å². The number of carbonyl (C=O) groups excluding carboxylic acids is 1. The third kappa shape index (κ3) is 3.87. The minimum atomic E-state index is 0.101. The van der Waals surface area contributed by atoms with Gasteiger partial charge in [-0.25, -0.2) is 4.98 Å².